The van der Waals surface area contributed by atoms with Gasteiger partial charge in [0.15, 0.2) is 0 Å². The Bertz CT molecular complexity index is 370. The predicted molar refractivity (Wildman–Crippen MR) is 65.0 cm³/mol. The lowest BCUT2D eigenvalue weighted by Gasteiger charge is -2.06. The number of hydrogen-bond acceptors (Lipinski definition) is 1. The Morgan fingerprint density at radius 3 is 3.07 bits per heavy atom. The van der Waals surface area contributed by atoms with E-state index in [1.165, 1.54) is 12.0 Å². The second-order valence-electron chi connectivity index (χ2n) is 4.19. The SMILES string of the molecule is C=C(Br)Cn1cc2c(c1)C(O)CCCC2. The van der Waals surface area contributed by atoms with Crippen LogP contribution in [-0.2, 0) is 13.0 Å². The summed E-state index contributed by atoms with van der Waals surface area (Å²) in [5, 5.41) is 9.94. The van der Waals surface area contributed by atoms with E-state index in [1.807, 2.05) is 0 Å². The summed E-state index contributed by atoms with van der Waals surface area (Å²) in [7, 11) is 0. The zero-order valence-corrected chi connectivity index (χ0v) is 10.3. The number of rotatable bonds is 2. The molecule has 0 spiro atoms. The van der Waals surface area contributed by atoms with Crippen LogP contribution in [0.1, 0.15) is 36.5 Å². The molecular formula is C12H16BrNO. The van der Waals surface area contributed by atoms with Crippen LogP contribution >= 0.6 is 15.9 Å². The average Bonchev–Trinajstić information content (AvgIpc) is 2.47. The molecule has 3 heteroatoms. The molecule has 1 unspecified atom stereocenters. The van der Waals surface area contributed by atoms with Crippen LogP contribution in [-0.4, -0.2) is 9.67 Å². The molecule has 2 nitrogen and oxygen atoms in total. The van der Waals surface area contributed by atoms with E-state index in [1.54, 1.807) is 0 Å². The van der Waals surface area contributed by atoms with Crippen LogP contribution in [0.4, 0.5) is 0 Å². The van der Waals surface area contributed by atoms with Gasteiger partial charge in [-0.2, -0.15) is 0 Å². The fourth-order valence-electron chi connectivity index (χ4n) is 2.18. The van der Waals surface area contributed by atoms with Crippen LogP contribution in [0.25, 0.3) is 0 Å². The van der Waals surface area contributed by atoms with Crippen molar-refractivity contribution in [2.24, 2.45) is 0 Å². The lowest BCUT2D eigenvalue weighted by molar-refractivity contribution is 0.166. The number of aliphatic hydroxyl groups excluding tert-OH is 1. The first-order valence-electron chi connectivity index (χ1n) is 5.36. The topological polar surface area (TPSA) is 25.2 Å². The van der Waals surface area contributed by atoms with Crippen LogP contribution < -0.4 is 0 Å². The minimum absolute atomic E-state index is 0.271. The van der Waals surface area contributed by atoms with Gasteiger partial charge in [0.2, 0.25) is 0 Å². The molecule has 1 aromatic heterocycles. The van der Waals surface area contributed by atoms with E-state index >= 15 is 0 Å². The molecule has 1 atom stereocenters. The van der Waals surface area contributed by atoms with Crippen molar-refractivity contribution in [1.29, 1.82) is 0 Å². The number of allylic oxidation sites excluding steroid dienone is 1. The quantitative estimate of drug-likeness (QED) is 0.820. The summed E-state index contributed by atoms with van der Waals surface area (Å²) in [4.78, 5) is 0. The molecule has 1 aliphatic carbocycles. The third kappa shape index (κ3) is 2.52. The number of hydrogen-bond donors (Lipinski definition) is 1. The molecule has 0 aromatic carbocycles. The van der Waals surface area contributed by atoms with Gasteiger partial charge < -0.3 is 9.67 Å². The molecule has 1 heterocycles. The molecule has 0 radical (unpaired) electrons. The highest BCUT2D eigenvalue weighted by Crippen LogP contribution is 2.29. The predicted octanol–water partition coefficient (Wildman–Crippen LogP) is 3.16. The van der Waals surface area contributed by atoms with Crippen molar-refractivity contribution < 1.29 is 5.11 Å². The molecule has 1 N–H and O–H groups in total. The number of fused-ring (bicyclic) bond motifs is 1. The fourth-order valence-corrected chi connectivity index (χ4v) is 2.47. The molecule has 0 saturated heterocycles. The van der Waals surface area contributed by atoms with Crippen molar-refractivity contribution in [3.8, 4) is 0 Å². The first-order valence-corrected chi connectivity index (χ1v) is 6.16. The molecule has 1 aromatic rings. The number of halogens is 1. The van der Waals surface area contributed by atoms with Crippen molar-refractivity contribution in [2.75, 3.05) is 0 Å². The van der Waals surface area contributed by atoms with Crippen LogP contribution in [0.15, 0.2) is 23.5 Å². The molecule has 0 aliphatic heterocycles. The van der Waals surface area contributed by atoms with E-state index in [4.69, 9.17) is 0 Å². The standard InChI is InChI=1S/C12H16BrNO/c1-9(13)6-14-7-10-4-2-3-5-12(15)11(10)8-14/h7-8,12,15H,1-6H2. The zero-order chi connectivity index (χ0) is 10.8. The third-order valence-corrected chi connectivity index (χ3v) is 3.13. The maximum Gasteiger partial charge on any atom is 0.0807 e. The number of aromatic nitrogens is 1. The lowest BCUT2D eigenvalue weighted by Crippen LogP contribution is -1.96. The van der Waals surface area contributed by atoms with Gasteiger partial charge in [-0.1, -0.05) is 28.9 Å². The molecule has 1 aliphatic rings. The Kier molecular flexibility index (Phi) is 3.32. The van der Waals surface area contributed by atoms with Crippen LogP contribution in [0.2, 0.25) is 0 Å². The molecule has 15 heavy (non-hydrogen) atoms. The van der Waals surface area contributed by atoms with E-state index < -0.39 is 0 Å². The molecule has 0 bridgehead atoms. The minimum Gasteiger partial charge on any atom is -0.388 e. The highest BCUT2D eigenvalue weighted by molar-refractivity contribution is 9.11. The van der Waals surface area contributed by atoms with Gasteiger partial charge in [-0.25, -0.2) is 0 Å². The molecule has 0 fully saturated rings. The molecule has 2 rings (SSSR count). The number of nitrogens with zero attached hydrogens (tertiary/aromatic N) is 1. The zero-order valence-electron chi connectivity index (χ0n) is 8.75. The summed E-state index contributed by atoms with van der Waals surface area (Å²) in [5.74, 6) is 0. The largest absolute Gasteiger partial charge is 0.388 e. The van der Waals surface area contributed by atoms with Crippen LogP contribution in [0.5, 0.6) is 0 Å². The van der Waals surface area contributed by atoms with Crippen molar-refractivity contribution in [3.63, 3.8) is 0 Å². The van der Waals surface area contributed by atoms with Gasteiger partial charge in [-0.05, 0) is 24.8 Å². The summed E-state index contributed by atoms with van der Waals surface area (Å²) >= 11 is 3.36. The Balaban J connectivity index is 2.25. The normalized spacial score (nSPS) is 20.8. The Morgan fingerprint density at radius 2 is 2.33 bits per heavy atom. The summed E-state index contributed by atoms with van der Waals surface area (Å²) < 4.78 is 3.05. The van der Waals surface area contributed by atoms with Gasteiger partial charge in [0.1, 0.15) is 0 Å². The van der Waals surface area contributed by atoms with Crippen molar-refractivity contribution >= 4 is 15.9 Å². The average molecular weight is 270 g/mol. The van der Waals surface area contributed by atoms with E-state index in [0.29, 0.717) is 0 Å². The molecular weight excluding hydrogens is 254 g/mol. The van der Waals surface area contributed by atoms with E-state index in [2.05, 4.69) is 39.5 Å². The fraction of sp³-hybridized carbons (Fsp3) is 0.500. The second kappa shape index (κ2) is 4.54. The Hall–Kier alpha value is -0.540. The summed E-state index contributed by atoms with van der Waals surface area (Å²) in [6.07, 6.45) is 8.21. The van der Waals surface area contributed by atoms with Crippen molar-refractivity contribution in [3.05, 3.63) is 34.6 Å². The van der Waals surface area contributed by atoms with E-state index in [9.17, 15) is 5.11 Å². The molecule has 0 amide bonds. The first kappa shape index (κ1) is 11.0. The Morgan fingerprint density at radius 1 is 1.53 bits per heavy atom. The van der Waals surface area contributed by atoms with Crippen LogP contribution in [0, 0.1) is 0 Å². The van der Waals surface area contributed by atoms with E-state index in [0.717, 1.165) is 35.9 Å². The van der Waals surface area contributed by atoms with Crippen molar-refractivity contribution in [2.45, 2.75) is 38.3 Å². The lowest BCUT2D eigenvalue weighted by atomic mass is 10.1. The van der Waals surface area contributed by atoms with Gasteiger partial charge in [-0.15, -0.1) is 0 Å². The van der Waals surface area contributed by atoms with Gasteiger partial charge >= 0.3 is 0 Å². The van der Waals surface area contributed by atoms with Crippen molar-refractivity contribution in [1.82, 2.24) is 4.57 Å². The minimum atomic E-state index is -0.271. The van der Waals surface area contributed by atoms with Gasteiger partial charge in [-0.3, -0.25) is 0 Å². The molecule has 82 valence electrons. The Labute approximate surface area is 98.7 Å². The van der Waals surface area contributed by atoms with E-state index in [-0.39, 0.29) is 6.10 Å². The summed E-state index contributed by atoms with van der Waals surface area (Å²) in [6, 6.07) is 0. The highest BCUT2D eigenvalue weighted by Gasteiger charge is 2.18. The third-order valence-electron chi connectivity index (χ3n) is 2.88. The van der Waals surface area contributed by atoms with Crippen LogP contribution in [0.3, 0.4) is 0 Å². The summed E-state index contributed by atoms with van der Waals surface area (Å²) in [6.45, 7) is 4.60. The highest BCUT2D eigenvalue weighted by atomic mass is 79.9. The smallest absolute Gasteiger partial charge is 0.0807 e. The second-order valence-corrected chi connectivity index (χ2v) is 5.31. The maximum absolute atomic E-state index is 9.94. The van der Waals surface area contributed by atoms with Gasteiger partial charge in [0.05, 0.1) is 12.6 Å². The van der Waals surface area contributed by atoms with Gasteiger partial charge in [0, 0.05) is 22.4 Å². The number of aryl methyl sites for hydroxylation is 1. The number of aliphatic hydroxyl groups is 1. The molecule has 0 saturated carbocycles. The summed E-state index contributed by atoms with van der Waals surface area (Å²) in [5.41, 5.74) is 2.41. The monoisotopic (exact) mass is 269 g/mol. The maximum atomic E-state index is 9.94. The first-order chi connectivity index (χ1) is 7.16. The van der Waals surface area contributed by atoms with Gasteiger partial charge in [0.25, 0.3) is 0 Å².